The number of para-hydroxylation sites is 1. The zero-order valence-electron chi connectivity index (χ0n) is 19.9. The Morgan fingerprint density at radius 3 is 2.37 bits per heavy atom. The van der Waals surface area contributed by atoms with Crippen LogP contribution in [0.1, 0.15) is 42.4 Å². The zero-order valence-corrected chi connectivity index (χ0v) is 19.9. The predicted molar refractivity (Wildman–Crippen MR) is 136 cm³/mol. The van der Waals surface area contributed by atoms with E-state index in [0.717, 1.165) is 48.9 Å². The number of carbonyl (C=O) groups is 2. The first-order valence-corrected chi connectivity index (χ1v) is 12.5. The van der Waals surface area contributed by atoms with Gasteiger partial charge < -0.3 is 14.8 Å². The van der Waals surface area contributed by atoms with Crippen LogP contribution in [0, 0.1) is 11.8 Å². The summed E-state index contributed by atoms with van der Waals surface area (Å²) in [4.78, 5) is 40.5. The van der Waals surface area contributed by atoms with Crippen LogP contribution in [0.2, 0.25) is 0 Å². The van der Waals surface area contributed by atoms with Crippen molar-refractivity contribution in [1.29, 1.82) is 0 Å². The number of amides is 2. The van der Waals surface area contributed by atoms with Crippen molar-refractivity contribution in [1.82, 2.24) is 9.88 Å². The van der Waals surface area contributed by atoms with Gasteiger partial charge >= 0.3 is 0 Å². The molecule has 5 rings (SSSR count). The lowest BCUT2D eigenvalue weighted by atomic mass is 9.77. The van der Waals surface area contributed by atoms with Crippen molar-refractivity contribution in [3.05, 3.63) is 100.0 Å². The first-order chi connectivity index (χ1) is 17.1. The second-order valence-electron chi connectivity index (χ2n) is 9.57. The molecule has 1 N–H and O–H groups in total. The van der Waals surface area contributed by atoms with Crippen LogP contribution in [0.15, 0.2) is 77.7 Å². The normalized spacial score (nSPS) is 19.3. The van der Waals surface area contributed by atoms with Gasteiger partial charge in [-0.1, -0.05) is 61.4 Å². The third kappa shape index (κ3) is 5.06. The molecule has 35 heavy (non-hydrogen) atoms. The fourth-order valence-electron chi connectivity index (χ4n) is 5.38. The second-order valence-corrected chi connectivity index (χ2v) is 9.57. The van der Waals surface area contributed by atoms with E-state index in [9.17, 15) is 14.4 Å². The molecule has 2 atom stereocenters. The number of nitrogens with one attached hydrogen (secondary N) is 1. The Morgan fingerprint density at radius 2 is 1.57 bits per heavy atom. The quantitative estimate of drug-likeness (QED) is 0.595. The van der Waals surface area contributed by atoms with Gasteiger partial charge in [0.05, 0.1) is 12.5 Å². The maximum Gasteiger partial charge on any atom is 0.250 e. The molecule has 1 aromatic heterocycles. The minimum Gasteiger partial charge on any atom is -0.352 e. The lowest BCUT2D eigenvalue weighted by molar-refractivity contribution is -0.135. The molecule has 2 amide bonds. The molecule has 0 spiro atoms. The Hall–Kier alpha value is -3.67. The average molecular weight is 470 g/mol. The molecule has 1 saturated carbocycles. The van der Waals surface area contributed by atoms with Crippen molar-refractivity contribution in [3.63, 3.8) is 0 Å². The Balaban J connectivity index is 1.20. The Bertz CT molecular complexity index is 1260. The van der Waals surface area contributed by atoms with Gasteiger partial charge in [0.25, 0.3) is 5.56 Å². The van der Waals surface area contributed by atoms with Gasteiger partial charge in [0.1, 0.15) is 0 Å². The first-order valence-electron chi connectivity index (χ1n) is 12.5. The van der Waals surface area contributed by atoms with Crippen molar-refractivity contribution in [3.8, 4) is 0 Å². The summed E-state index contributed by atoms with van der Waals surface area (Å²) in [5.74, 6) is -0.486. The summed E-state index contributed by atoms with van der Waals surface area (Å²) < 4.78 is 1.66. The monoisotopic (exact) mass is 469 g/mol. The van der Waals surface area contributed by atoms with E-state index < -0.39 is 0 Å². The van der Waals surface area contributed by atoms with E-state index in [1.807, 2.05) is 53.4 Å². The highest BCUT2D eigenvalue weighted by molar-refractivity contribution is 5.99. The van der Waals surface area contributed by atoms with E-state index in [1.54, 1.807) is 22.9 Å². The molecule has 6 nitrogen and oxygen atoms in total. The summed E-state index contributed by atoms with van der Waals surface area (Å²) in [5.41, 5.74) is 4.20. The highest BCUT2D eigenvalue weighted by atomic mass is 16.2. The van der Waals surface area contributed by atoms with Gasteiger partial charge in [-0.05, 0) is 48.1 Å². The van der Waals surface area contributed by atoms with Crippen LogP contribution >= 0.6 is 0 Å². The summed E-state index contributed by atoms with van der Waals surface area (Å²) >= 11 is 0. The SMILES string of the molecule is O=C(NCc1ccc(Cn2ccccc2=O)cc1)C1CCCCC1C(=O)N1CCc2ccccc21. The molecule has 1 aliphatic heterocycles. The topological polar surface area (TPSA) is 71.4 Å². The predicted octanol–water partition coefficient (Wildman–Crippen LogP) is 3.91. The molecule has 2 unspecified atom stereocenters. The standard InChI is InChI=1S/C29H31N3O3/c33-27-11-5-6-17-31(27)20-22-14-12-21(13-15-22)19-30-28(34)24-8-2-3-9-25(24)29(35)32-18-16-23-7-1-4-10-26(23)32/h1,4-7,10-15,17,24-25H,2-3,8-9,16,18-20H2,(H,30,34). The minimum absolute atomic E-state index is 0.0298. The summed E-state index contributed by atoms with van der Waals surface area (Å²) in [6.45, 7) is 1.64. The van der Waals surface area contributed by atoms with Crippen LogP contribution in [-0.4, -0.2) is 22.9 Å². The van der Waals surface area contributed by atoms with Gasteiger partial charge in [-0.2, -0.15) is 0 Å². The number of anilines is 1. The molecule has 6 heteroatoms. The molecule has 1 aliphatic carbocycles. The highest BCUT2D eigenvalue weighted by Crippen LogP contribution is 2.36. The molecule has 180 valence electrons. The van der Waals surface area contributed by atoms with Crippen molar-refractivity contribution < 1.29 is 9.59 Å². The average Bonchev–Trinajstić information content (AvgIpc) is 3.33. The summed E-state index contributed by atoms with van der Waals surface area (Å²) in [7, 11) is 0. The molecule has 2 heterocycles. The summed E-state index contributed by atoms with van der Waals surface area (Å²) in [6, 6.07) is 21.1. The molecule has 1 fully saturated rings. The number of rotatable bonds is 6. The maximum absolute atomic E-state index is 13.5. The lowest BCUT2D eigenvalue weighted by Crippen LogP contribution is -2.45. The molecule has 0 bridgehead atoms. The van der Waals surface area contributed by atoms with Gasteiger partial charge in [-0.3, -0.25) is 14.4 Å². The minimum atomic E-state index is -0.284. The molecule has 0 saturated heterocycles. The number of benzene rings is 2. The first kappa shape index (κ1) is 23.1. The van der Waals surface area contributed by atoms with E-state index in [1.165, 1.54) is 5.56 Å². The van der Waals surface area contributed by atoms with Crippen LogP contribution in [0.25, 0.3) is 0 Å². The molecule has 0 radical (unpaired) electrons. The summed E-state index contributed by atoms with van der Waals surface area (Å²) in [6.07, 6.45) is 6.14. The maximum atomic E-state index is 13.5. The number of nitrogens with zero attached hydrogens (tertiary/aromatic N) is 2. The number of carbonyl (C=O) groups excluding carboxylic acids is 2. The smallest absolute Gasteiger partial charge is 0.250 e. The van der Waals surface area contributed by atoms with Crippen molar-refractivity contribution in [2.75, 3.05) is 11.4 Å². The zero-order chi connectivity index (χ0) is 24.2. The van der Waals surface area contributed by atoms with Gasteiger partial charge in [0.15, 0.2) is 0 Å². The van der Waals surface area contributed by atoms with Gasteiger partial charge in [0, 0.05) is 37.0 Å². The third-order valence-corrected chi connectivity index (χ3v) is 7.31. The van der Waals surface area contributed by atoms with E-state index >= 15 is 0 Å². The number of aromatic nitrogens is 1. The molecule has 2 aromatic carbocycles. The van der Waals surface area contributed by atoms with Gasteiger partial charge in [-0.15, -0.1) is 0 Å². The largest absolute Gasteiger partial charge is 0.352 e. The fraction of sp³-hybridized carbons (Fsp3) is 0.345. The Labute approximate surface area is 205 Å². The Kier molecular flexibility index (Phi) is 6.80. The third-order valence-electron chi connectivity index (χ3n) is 7.31. The fourth-order valence-corrected chi connectivity index (χ4v) is 5.38. The summed E-state index contributed by atoms with van der Waals surface area (Å²) in [5, 5.41) is 3.08. The lowest BCUT2D eigenvalue weighted by Gasteiger charge is -2.32. The number of hydrogen-bond acceptors (Lipinski definition) is 3. The molecular weight excluding hydrogens is 438 g/mol. The van der Waals surface area contributed by atoms with Crippen LogP contribution in [0.3, 0.4) is 0 Å². The second kappa shape index (κ2) is 10.3. The van der Waals surface area contributed by atoms with E-state index in [-0.39, 0.29) is 29.2 Å². The van der Waals surface area contributed by atoms with Crippen LogP contribution in [0.4, 0.5) is 5.69 Å². The number of fused-ring (bicyclic) bond motifs is 1. The van der Waals surface area contributed by atoms with Crippen molar-refractivity contribution in [2.45, 2.75) is 45.2 Å². The van der Waals surface area contributed by atoms with Crippen molar-refractivity contribution >= 4 is 17.5 Å². The van der Waals surface area contributed by atoms with Gasteiger partial charge in [-0.25, -0.2) is 0 Å². The van der Waals surface area contributed by atoms with Gasteiger partial charge in [0.2, 0.25) is 11.8 Å². The molecular formula is C29H31N3O3. The van der Waals surface area contributed by atoms with E-state index in [4.69, 9.17) is 0 Å². The van der Waals surface area contributed by atoms with Crippen molar-refractivity contribution in [2.24, 2.45) is 11.8 Å². The highest BCUT2D eigenvalue weighted by Gasteiger charge is 2.39. The number of pyridine rings is 1. The molecule has 3 aromatic rings. The van der Waals surface area contributed by atoms with E-state index in [0.29, 0.717) is 19.6 Å². The van der Waals surface area contributed by atoms with Crippen LogP contribution < -0.4 is 15.8 Å². The van der Waals surface area contributed by atoms with Crippen LogP contribution in [-0.2, 0) is 29.1 Å². The Morgan fingerprint density at radius 1 is 0.857 bits per heavy atom. The van der Waals surface area contributed by atoms with Crippen LogP contribution in [0.5, 0.6) is 0 Å². The van der Waals surface area contributed by atoms with E-state index in [2.05, 4.69) is 11.4 Å². The number of hydrogen-bond donors (Lipinski definition) is 1. The molecule has 2 aliphatic rings.